The Morgan fingerprint density at radius 1 is 0.500 bits per heavy atom. The largest absolute Gasteiger partial charge is 0.456 e. The third-order valence-electron chi connectivity index (χ3n) is 12.3. The zero-order valence-corrected chi connectivity index (χ0v) is 30.2. The molecule has 52 heavy (non-hydrogen) atoms. The van der Waals surface area contributed by atoms with Gasteiger partial charge in [-0.05, 0) is 105 Å². The molecule has 0 saturated carbocycles. The molecular formula is C50H41NO. The molecule has 1 aromatic heterocycles. The monoisotopic (exact) mass is 671 g/mol. The second-order valence-corrected chi connectivity index (χ2v) is 15.1. The van der Waals surface area contributed by atoms with Gasteiger partial charge in [0.1, 0.15) is 11.2 Å². The van der Waals surface area contributed by atoms with Gasteiger partial charge in [-0.15, -0.1) is 0 Å². The summed E-state index contributed by atoms with van der Waals surface area (Å²) in [6.07, 6.45) is 1.92. The summed E-state index contributed by atoms with van der Waals surface area (Å²) in [6.45, 7) is 9.45. The molecule has 0 bridgehead atoms. The number of hydrogen-bond donors (Lipinski definition) is 0. The van der Waals surface area contributed by atoms with Crippen molar-refractivity contribution in [3.8, 4) is 33.4 Å². The summed E-state index contributed by atoms with van der Waals surface area (Å²) in [5.41, 5.74) is 18.4. The molecule has 2 aliphatic carbocycles. The summed E-state index contributed by atoms with van der Waals surface area (Å²) >= 11 is 0. The van der Waals surface area contributed by atoms with E-state index in [4.69, 9.17) is 4.42 Å². The minimum Gasteiger partial charge on any atom is -0.456 e. The van der Waals surface area contributed by atoms with Crippen molar-refractivity contribution >= 4 is 39.0 Å². The van der Waals surface area contributed by atoms with E-state index in [0.29, 0.717) is 0 Å². The molecule has 0 saturated heterocycles. The molecule has 0 amide bonds. The topological polar surface area (TPSA) is 16.4 Å². The Labute approximate surface area is 306 Å². The second-order valence-electron chi connectivity index (χ2n) is 15.1. The Kier molecular flexibility index (Phi) is 6.73. The number of benzene rings is 7. The predicted molar refractivity (Wildman–Crippen MR) is 218 cm³/mol. The number of anilines is 3. The summed E-state index contributed by atoms with van der Waals surface area (Å²) in [7, 11) is 0. The standard InChI is InChI=1S/C50H41NO/c1-5-50(6-2)46-39(40-29-30-41-38-18-11-13-22-45(38)52-48(41)47(40)50)19-14-21-44(46)51(34-25-23-33(24-26-34)32-15-8-7-9-16-32)35-27-28-37-36-17-10-12-20-42(36)49(3,4)43(37)31-35/h7-31H,5-6H2,1-4H3. The van der Waals surface area contributed by atoms with Crippen LogP contribution in [0.4, 0.5) is 17.1 Å². The van der Waals surface area contributed by atoms with Gasteiger partial charge in [0.2, 0.25) is 0 Å². The molecule has 2 nitrogen and oxygen atoms in total. The number of rotatable bonds is 6. The zero-order chi connectivity index (χ0) is 35.2. The molecule has 0 fully saturated rings. The van der Waals surface area contributed by atoms with Crippen LogP contribution in [0.1, 0.15) is 62.8 Å². The van der Waals surface area contributed by atoms with Gasteiger partial charge in [0, 0.05) is 38.5 Å². The van der Waals surface area contributed by atoms with Gasteiger partial charge in [0.15, 0.2) is 0 Å². The molecule has 0 unspecified atom stereocenters. The highest BCUT2D eigenvalue weighted by Crippen LogP contribution is 2.60. The SMILES string of the molecule is CCC1(CC)c2c(cccc2N(c2ccc(-c3ccccc3)cc2)c2ccc3c(c2)C(C)(C)c2ccccc2-3)-c2ccc3c(oc4ccccc43)c21. The molecular weight excluding hydrogens is 631 g/mol. The summed E-state index contributed by atoms with van der Waals surface area (Å²) in [6, 6.07) is 55.9. The van der Waals surface area contributed by atoms with Crippen LogP contribution < -0.4 is 4.90 Å². The minimum absolute atomic E-state index is 0.108. The Morgan fingerprint density at radius 2 is 1.13 bits per heavy atom. The number of hydrogen-bond acceptors (Lipinski definition) is 2. The van der Waals surface area contributed by atoms with Crippen molar-refractivity contribution in [2.24, 2.45) is 0 Å². The van der Waals surface area contributed by atoms with Crippen molar-refractivity contribution in [3.63, 3.8) is 0 Å². The first kappa shape index (κ1) is 30.9. The van der Waals surface area contributed by atoms with Crippen molar-refractivity contribution in [1.29, 1.82) is 0 Å². The normalized spacial score (nSPS) is 14.6. The van der Waals surface area contributed by atoms with Crippen molar-refractivity contribution in [1.82, 2.24) is 0 Å². The van der Waals surface area contributed by atoms with Crippen LogP contribution in [-0.2, 0) is 10.8 Å². The van der Waals surface area contributed by atoms with Gasteiger partial charge in [-0.3, -0.25) is 0 Å². The zero-order valence-electron chi connectivity index (χ0n) is 30.2. The molecule has 1 heterocycles. The van der Waals surface area contributed by atoms with Gasteiger partial charge in [-0.1, -0.05) is 137 Å². The van der Waals surface area contributed by atoms with E-state index >= 15 is 0 Å². The highest BCUT2D eigenvalue weighted by atomic mass is 16.3. The van der Waals surface area contributed by atoms with E-state index in [2.05, 4.69) is 184 Å². The fourth-order valence-electron chi connectivity index (χ4n) is 9.72. The average molecular weight is 672 g/mol. The molecule has 0 spiro atoms. The van der Waals surface area contributed by atoms with Crippen LogP contribution in [-0.4, -0.2) is 0 Å². The molecule has 0 N–H and O–H groups in total. The summed E-state index contributed by atoms with van der Waals surface area (Å²) in [5.74, 6) is 0. The number of nitrogens with zero attached hydrogens (tertiary/aromatic N) is 1. The third kappa shape index (κ3) is 4.18. The third-order valence-corrected chi connectivity index (χ3v) is 12.3. The number of para-hydroxylation sites is 1. The lowest BCUT2D eigenvalue weighted by atomic mass is 9.72. The lowest BCUT2D eigenvalue weighted by molar-refractivity contribution is 0.487. The maximum Gasteiger partial charge on any atom is 0.140 e. The van der Waals surface area contributed by atoms with E-state index in [1.165, 1.54) is 77.8 Å². The van der Waals surface area contributed by atoms with Crippen molar-refractivity contribution in [2.45, 2.75) is 51.4 Å². The fourth-order valence-corrected chi connectivity index (χ4v) is 9.72. The molecule has 0 aliphatic heterocycles. The summed E-state index contributed by atoms with van der Waals surface area (Å²) in [4.78, 5) is 2.52. The molecule has 252 valence electrons. The molecule has 8 aromatic rings. The van der Waals surface area contributed by atoms with Crippen LogP contribution in [0.3, 0.4) is 0 Å². The maximum atomic E-state index is 6.80. The van der Waals surface area contributed by atoms with E-state index in [9.17, 15) is 0 Å². The van der Waals surface area contributed by atoms with Gasteiger partial charge >= 0.3 is 0 Å². The number of fused-ring (bicyclic) bond motifs is 10. The maximum absolute atomic E-state index is 6.80. The average Bonchev–Trinajstić information content (AvgIpc) is 3.80. The molecule has 10 rings (SSSR count). The molecule has 7 aromatic carbocycles. The Balaban J connectivity index is 1.22. The van der Waals surface area contributed by atoms with Crippen molar-refractivity contribution in [3.05, 3.63) is 174 Å². The summed E-state index contributed by atoms with van der Waals surface area (Å²) < 4.78 is 6.80. The summed E-state index contributed by atoms with van der Waals surface area (Å²) in [5, 5.41) is 2.38. The smallest absolute Gasteiger partial charge is 0.140 e. The van der Waals surface area contributed by atoms with Gasteiger partial charge in [0.05, 0.1) is 5.69 Å². The van der Waals surface area contributed by atoms with Crippen molar-refractivity contribution in [2.75, 3.05) is 4.90 Å². The van der Waals surface area contributed by atoms with Gasteiger partial charge in [0.25, 0.3) is 0 Å². The minimum atomic E-state index is -0.233. The first-order valence-electron chi connectivity index (χ1n) is 18.7. The predicted octanol–water partition coefficient (Wildman–Crippen LogP) is 14.1. The molecule has 0 atom stereocenters. The van der Waals surface area contributed by atoms with E-state index in [-0.39, 0.29) is 10.8 Å². The van der Waals surface area contributed by atoms with E-state index in [0.717, 1.165) is 29.7 Å². The highest BCUT2D eigenvalue weighted by molar-refractivity contribution is 6.09. The lowest BCUT2D eigenvalue weighted by Gasteiger charge is -2.36. The van der Waals surface area contributed by atoms with Crippen molar-refractivity contribution < 1.29 is 4.42 Å². The second kappa shape index (κ2) is 11.3. The molecule has 0 radical (unpaired) electrons. The molecule has 2 aliphatic rings. The van der Waals surface area contributed by atoms with E-state index < -0.39 is 0 Å². The Morgan fingerprint density at radius 3 is 1.94 bits per heavy atom. The molecule has 2 heteroatoms. The van der Waals surface area contributed by atoms with E-state index in [1.807, 2.05) is 0 Å². The number of furan rings is 1. The fraction of sp³-hybridized carbons (Fsp3) is 0.160. The first-order chi connectivity index (χ1) is 25.4. The lowest BCUT2D eigenvalue weighted by Crippen LogP contribution is -2.26. The van der Waals surface area contributed by atoms with Crippen LogP contribution in [0.25, 0.3) is 55.3 Å². The van der Waals surface area contributed by atoms with Crippen LogP contribution in [0.2, 0.25) is 0 Å². The van der Waals surface area contributed by atoms with E-state index in [1.54, 1.807) is 0 Å². The van der Waals surface area contributed by atoms with Gasteiger partial charge in [-0.25, -0.2) is 0 Å². The highest BCUT2D eigenvalue weighted by Gasteiger charge is 2.46. The Bertz CT molecular complexity index is 2670. The van der Waals surface area contributed by atoms with Crippen LogP contribution in [0.5, 0.6) is 0 Å². The first-order valence-corrected chi connectivity index (χ1v) is 18.7. The van der Waals surface area contributed by atoms with Crippen LogP contribution >= 0.6 is 0 Å². The van der Waals surface area contributed by atoms with Gasteiger partial charge in [-0.2, -0.15) is 0 Å². The van der Waals surface area contributed by atoms with Crippen LogP contribution in [0.15, 0.2) is 156 Å². The Hall–Kier alpha value is -5.86. The van der Waals surface area contributed by atoms with Crippen LogP contribution in [0, 0.1) is 0 Å². The van der Waals surface area contributed by atoms with Gasteiger partial charge < -0.3 is 9.32 Å². The quantitative estimate of drug-likeness (QED) is 0.175.